The first kappa shape index (κ1) is 54.2. The Balaban J connectivity index is 1.36. The lowest BCUT2D eigenvalue weighted by Crippen LogP contribution is -2.66. The molecule has 1 atom stereocenters. The first-order chi connectivity index (χ1) is 33.4. The van der Waals surface area contributed by atoms with Gasteiger partial charge < -0.3 is 32.7 Å². The van der Waals surface area contributed by atoms with E-state index in [4.69, 9.17) is 23.3 Å². The summed E-state index contributed by atoms with van der Waals surface area (Å²) in [4.78, 5) is 52.0. The summed E-state index contributed by atoms with van der Waals surface area (Å²) in [7, 11) is -3.64. The number of fused-ring (bicyclic) bond motifs is 1. The molecule has 0 fully saturated rings. The number of ether oxygens (including phenoxy) is 2. The molecule has 0 saturated carbocycles. The Morgan fingerprint density at radius 3 is 1.91 bits per heavy atom. The summed E-state index contributed by atoms with van der Waals surface area (Å²) in [5, 5.41) is 2.20. The lowest BCUT2D eigenvalue weighted by Gasteiger charge is -2.43. The number of rotatable bonds is 22. The minimum absolute atomic E-state index is 0.0227. The molecule has 2 heterocycles. The first-order valence-corrected chi connectivity index (χ1v) is 30.1. The second kappa shape index (κ2) is 23.8. The monoisotopic (exact) mass is 987 g/mol. The second-order valence-electron chi connectivity index (χ2n) is 21.1. The van der Waals surface area contributed by atoms with Gasteiger partial charge in [0.1, 0.15) is 11.5 Å². The Bertz CT molecular complexity index is 2470. The summed E-state index contributed by atoms with van der Waals surface area (Å²) >= 11 is 0. The largest absolute Gasteiger partial charge is 0.465 e. The third-order valence-corrected chi connectivity index (χ3v) is 23.8. The molecule has 1 aliphatic rings. The predicted octanol–water partition coefficient (Wildman–Crippen LogP) is 10.6. The second-order valence-corrected chi connectivity index (χ2v) is 30.3. The smallest absolute Gasteiger partial charge is 0.337 e. The molecule has 1 aliphatic heterocycles. The van der Waals surface area contributed by atoms with Crippen molar-refractivity contribution in [1.29, 1.82) is 0 Å². The zero-order chi connectivity index (χ0) is 50.7. The Morgan fingerprint density at radius 1 is 0.743 bits per heavy atom. The molecule has 0 spiro atoms. The number of amides is 2. The van der Waals surface area contributed by atoms with Gasteiger partial charge in [0.15, 0.2) is 8.32 Å². The molecule has 0 radical (unpaired) electrons. The average molecular weight is 987 g/mol. The number of unbranched alkanes of at least 4 members (excludes halogenated alkanes) is 2. The predicted molar refractivity (Wildman–Crippen MR) is 286 cm³/mol. The van der Waals surface area contributed by atoms with Crippen LogP contribution < -0.4 is 10.4 Å². The van der Waals surface area contributed by atoms with Crippen molar-refractivity contribution in [3.8, 4) is 11.4 Å². The van der Waals surface area contributed by atoms with Gasteiger partial charge >= 0.3 is 5.97 Å². The van der Waals surface area contributed by atoms with E-state index in [2.05, 4.69) is 129 Å². The molecule has 1 aromatic heterocycles. The number of carbonyl (C=O) groups is 3. The van der Waals surface area contributed by atoms with Crippen LogP contribution in [0.2, 0.25) is 23.2 Å². The van der Waals surface area contributed by atoms with Crippen molar-refractivity contribution in [3.05, 3.63) is 137 Å². The van der Waals surface area contributed by atoms with E-state index in [1.54, 1.807) is 24.4 Å². The molecule has 11 nitrogen and oxygen atoms in total. The lowest BCUT2D eigenvalue weighted by atomic mass is 9.92. The number of aromatic nitrogens is 2. The van der Waals surface area contributed by atoms with E-state index < -0.39 is 22.6 Å². The number of esters is 1. The fraction of sp³-hybridized carbons (Fsp3) is 0.474. The van der Waals surface area contributed by atoms with Gasteiger partial charge in [0, 0.05) is 37.9 Å². The van der Waals surface area contributed by atoms with Crippen molar-refractivity contribution in [3.63, 3.8) is 0 Å². The molecule has 0 N–H and O–H groups in total. The number of benzene rings is 4. The first-order valence-electron chi connectivity index (χ1n) is 25.3. The number of imidazole rings is 1. The van der Waals surface area contributed by atoms with Crippen LogP contribution in [0, 0.1) is 0 Å². The van der Waals surface area contributed by atoms with Gasteiger partial charge in [0.25, 0.3) is 20.1 Å². The summed E-state index contributed by atoms with van der Waals surface area (Å²) in [6.45, 7) is 25.5. The van der Waals surface area contributed by atoms with Crippen molar-refractivity contribution in [1.82, 2.24) is 19.4 Å². The van der Waals surface area contributed by atoms with Crippen molar-refractivity contribution in [2.24, 2.45) is 0 Å². The van der Waals surface area contributed by atoms with Gasteiger partial charge in [-0.3, -0.25) is 9.59 Å². The number of hydrogen-bond donors (Lipinski definition) is 0. The van der Waals surface area contributed by atoms with E-state index in [-0.39, 0.29) is 40.1 Å². The summed E-state index contributed by atoms with van der Waals surface area (Å²) < 4.78 is 27.5. The normalized spacial score (nSPS) is 14.3. The molecule has 0 bridgehead atoms. The van der Waals surface area contributed by atoms with Crippen molar-refractivity contribution in [2.75, 3.05) is 46.6 Å². The highest BCUT2D eigenvalue weighted by molar-refractivity contribution is 6.99. The maximum Gasteiger partial charge on any atom is 0.337 e. The van der Waals surface area contributed by atoms with Crippen LogP contribution in [-0.2, 0) is 37.8 Å². The quantitative estimate of drug-likeness (QED) is 0.0383. The van der Waals surface area contributed by atoms with Gasteiger partial charge in [-0.15, -0.1) is 0 Å². The zero-order valence-electron chi connectivity index (χ0n) is 43.8. The highest BCUT2D eigenvalue weighted by Crippen LogP contribution is 2.39. The van der Waals surface area contributed by atoms with Crippen molar-refractivity contribution in [2.45, 2.75) is 130 Å². The number of nitrogens with zero attached hydrogens (tertiary/aromatic N) is 4. The zero-order valence-corrected chi connectivity index (χ0v) is 45.8. The maximum atomic E-state index is 15.5. The molecule has 6 rings (SSSR count). The molecule has 70 heavy (non-hydrogen) atoms. The topological polar surface area (TPSA) is 112 Å². The lowest BCUT2D eigenvalue weighted by molar-refractivity contribution is 0.0554. The summed E-state index contributed by atoms with van der Waals surface area (Å²) in [5.74, 6) is -0.535. The molecule has 13 heteroatoms. The minimum atomic E-state index is -2.77. The third kappa shape index (κ3) is 12.5. The highest BCUT2D eigenvalue weighted by atomic mass is 28.4. The van der Waals surface area contributed by atoms with E-state index >= 15 is 4.79 Å². The molecule has 0 aliphatic carbocycles. The van der Waals surface area contributed by atoms with Crippen LogP contribution in [0.15, 0.2) is 109 Å². The molecular formula is C57H78N4O7Si2. The van der Waals surface area contributed by atoms with E-state index in [1.807, 2.05) is 38.6 Å². The number of carbonyl (C=O) groups excluding carboxylic acids is 3. The van der Waals surface area contributed by atoms with Crippen LogP contribution in [0.4, 0.5) is 0 Å². The van der Waals surface area contributed by atoms with E-state index in [0.29, 0.717) is 75.1 Å². The maximum absolute atomic E-state index is 15.5. The molecular weight excluding hydrogens is 909 g/mol. The van der Waals surface area contributed by atoms with E-state index in [0.717, 1.165) is 31.2 Å². The fourth-order valence-corrected chi connectivity index (χ4v) is 14.8. The van der Waals surface area contributed by atoms with Gasteiger partial charge in [-0.25, -0.2) is 9.78 Å². The van der Waals surface area contributed by atoms with Gasteiger partial charge in [-0.05, 0) is 82.1 Å². The van der Waals surface area contributed by atoms with Gasteiger partial charge in [-0.2, -0.15) is 0 Å². The third-order valence-electron chi connectivity index (χ3n) is 14.3. The molecule has 376 valence electrons. The SMILES string of the molecule is CCCCN(CCCC)C(=O)c1cn(CCOCCO[Si](c2ccccc2)(c2ccccc2)C(C)(C)C)c(-c2ccc(C(=O)OC)cc2C(=O)N2Cc3ccccc3C[C@H]2CO[Si](C)(C)C(C)(C)C)n1. The standard InChI is InChI=1S/C57H78N4O7Si2/c1-12-14-32-59(33-15-13-2)54(63)51-41-60(34-35-66-36-37-67-70(57(6,7)8,47-26-18-16-19-27-47)48-28-20-17-21-29-48)52(58-51)49-31-30-44(55(64)65-9)39-50(49)53(62)61-40-45-25-23-22-24-43(45)38-46(61)42-68-69(10,11)56(3,4)5/h16-31,39,41,46H,12-15,32-38,40,42H2,1-11H3/t46-/m0/s1. The van der Waals surface area contributed by atoms with Crippen LogP contribution >= 0.6 is 0 Å². The van der Waals surface area contributed by atoms with E-state index in [9.17, 15) is 9.59 Å². The summed E-state index contributed by atoms with van der Waals surface area (Å²) in [6.07, 6.45) is 6.07. The highest BCUT2D eigenvalue weighted by Gasteiger charge is 2.50. The van der Waals surface area contributed by atoms with Crippen LogP contribution in [0.25, 0.3) is 11.4 Å². The van der Waals surface area contributed by atoms with Crippen molar-refractivity contribution >= 4 is 44.8 Å². The fourth-order valence-electron chi connectivity index (χ4n) is 9.17. The van der Waals surface area contributed by atoms with Crippen LogP contribution in [0.1, 0.15) is 123 Å². The van der Waals surface area contributed by atoms with Gasteiger partial charge in [-0.1, -0.05) is 153 Å². The molecule has 5 aromatic rings. The van der Waals surface area contributed by atoms with Crippen molar-refractivity contribution < 1.29 is 32.7 Å². The van der Waals surface area contributed by atoms with Gasteiger partial charge in [0.2, 0.25) is 0 Å². The van der Waals surface area contributed by atoms with Crippen LogP contribution in [-0.4, -0.2) is 106 Å². The van der Waals surface area contributed by atoms with Gasteiger partial charge in [0.05, 0.1) is 50.7 Å². The Hall–Kier alpha value is -5.19. The summed E-state index contributed by atoms with van der Waals surface area (Å²) in [6, 6.07) is 34.1. The Kier molecular flexibility index (Phi) is 18.4. The molecule has 4 aromatic carbocycles. The number of methoxy groups -OCH3 is 1. The molecule has 0 saturated heterocycles. The summed E-state index contributed by atoms with van der Waals surface area (Å²) in [5.41, 5.74) is 3.58. The van der Waals surface area contributed by atoms with Crippen LogP contribution in [0.5, 0.6) is 0 Å². The van der Waals surface area contributed by atoms with E-state index in [1.165, 1.54) is 23.0 Å². The minimum Gasteiger partial charge on any atom is -0.465 e. The Morgan fingerprint density at radius 2 is 1.34 bits per heavy atom. The van der Waals surface area contributed by atoms with Crippen LogP contribution in [0.3, 0.4) is 0 Å². The molecule has 2 amide bonds. The Labute approximate surface area is 420 Å². The average Bonchev–Trinajstić information content (AvgIpc) is 3.78. The number of hydrogen-bond acceptors (Lipinski definition) is 8. The molecule has 0 unspecified atom stereocenters.